The average molecular weight is 371 g/mol. The van der Waals surface area contributed by atoms with Gasteiger partial charge in [-0.25, -0.2) is 0 Å². The summed E-state index contributed by atoms with van der Waals surface area (Å²) in [6.07, 6.45) is 5.13. The summed E-state index contributed by atoms with van der Waals surface area (Å²) in [5, 5.41) is 20.9. The van der Waals surface area contributed by atoms with E-state index >= 15 is 0 Å². The van der Waals surface area contributed by atoms with E-state index in [1.165, 1.54) is 12.8 Å². The second kappa shape index (κ2) is 7.13. The summed E-state index contributed by atoms with van der Waals surface area (Å²) >= 11 is 9.61. The van der Waals surface area contributed by atoms with Crippen molar-refractivity contribution in [2.24, 2.45) is 11.3 Å². The molecule has 0 aliphatic heterocycles. The van der Waals surface area contributed by atoms with Crippen LogP contribution >= 0.6 is 27.5 Å². The van der Waals surface area contributed by atoms with Crippen molar-refractivity contribution in [3.8, 4) is 6.07 Å². The molecule has 0 saturated heterocycles. The summed E-state index contributed by atoms with van der Waals surface area (Å²) in [7, 11) is 0. The SMILES string of the molecule is CCCC1CCC(C#N)(C(O)c2ccc(Br)cc2Cl)CC1. The lowest BCUT2D eigenvalue weighted by Crippen LogP contribution is -2.32. The van der Waals surface area contributed by atoms with E-state index in [1.807, 2.05) is 12.1 Å². The molecule has 1 saturated carbocycles. The summed E-state index contributed by atoms with van der Waals surface area (Å²) in [5.41, 5.74) is -0.0304. The van der Waals surface area contributed by atoms with Crippen molar-refractivity contribution in [1.29, 1.82) is 5.26 Å². The Morgan fingerprint density at radius 3 is 2.67 bits per heavy atom. The second-order valence-electron chi connectivity index (χ2n) is 6.07. The summed E-state index contributed by atoms with van der Waals surface area (Å²) in [5.74, 6) is 0.698. The van der Waals surface area contributed by atoms with Gasteiger partial charge in [0.2, 0.25) is 0 Å². The van der Waals surface area contributed by atoms with Gasteiger partial charge in [0.1, 0.15) is 0 Å². The fourth-order valence-electron chi connectivity index (χ4n) is 3.36. The Balaban J connectivity index is 2.20. The molecule has 1 N–H and O–H groups in total. The van der Waals surface area contributed by atoms with E-state index < -0.39 is 11.5 Å². The molecule has 21 heavy (non-hydrogen) atoms. The molecule has 0 heterocycles. The molecule has 1 aliphatic rings. The van der Waals surface area contributed by atoms with Gasteiger partial charge in [-0.15, -0.1) is 0 Å². The first-order valence-electron chi connectivity index (χ1n) is 7.56. The number of benzene rings is 1. The monoisotopic (exact) mass is 369 g/mol. The standard InChI is InChI=1S/C17H21BrClNO/c1-2-3-12-6-8-17(11-20,9-7-12)16(21)14-5-4-13(18)10-15(14)19/h4-5,10,12,16,21H,2-3,6-9H2,1H3. The average Bonchev–Trinajstić information content (AvgIpc) is 2.48. The number of aliphatic hydroxyl groups excluding tert-OH is 1. The molecule has 0 radical (unpaired) electrons. The number of hydrogen-bond acceptors (Lipinski definition) is 2. The topological polar surface area (TPSA) is 44.0 Å². The molecule has 4 heteroatoms. The van der Waals surface area contributed by atoms with Crippen LogP contribution in [0.2, 0.25) is 5.02 Å². The molecule has 2 rings (SSSR count). The van der Waals surface area contributed by atoms with E-state index in [0.717, 1.165) is 30.2 Å². The van der Waals surface area contributed by atoms with Crippen molar-refractivity contribution in [3.63, 3.8) is 0 Å². The molecular formula is C17H21BrClNO. The van der Waals surface area contributed by atoms with Crippen molar-refractivity contribution < 1.29 is 5.11 Å². The molecule has 1 aromatic carbocycles. The van der Waals surface area contributed by atoms with Crippen LogP contribution < -0.4 is 0 Å². The van der Waals surface area contributed by atoms with Crippen molar-refractivity contribution >= 4 is 27.5 Å². The maximum absolute atomic E-state index is 10.8. The number of aliphatic hydroxyl groups is 1. The lowest BCUT2D eigenvalue weighted by Gasteiger charge is -2.38. The van der Waals surface area contributed by atoms with Gasteiger partial charge in [0.15, 0.2) is 0 Å². The first-order valence-corrected chi connectivity index (χ1v) is 8.74. The van der Waals surface area contributed by atoms with Crippen molar-refractivity contribution in [2.75, 3.05) is 0 Å². The van der Waals surface area contributed by atoms with E-state index in [0.29, 0.717) is 16.5 Å². The number of rotatable bonds is 4. The van der Waals surface area contributed by atoms with E-state index in [2.05, 4.69) is 28.9 Å². The highest BCUT2D eigenvalue weighted by Gasteiger charge is 2.42. The van der Waals surface area contributed by atoms with Gasteiger partial charge in [-0.2, -0.15) is 5.26 Å². The zero-order chi connectivity index (χ0) is 15.5. The zero-order valence-corrected chi connectivity index (χ0v) is 14.6. The van der Waals surface area contributed by atoms with Crippen LogP contribution in [0.4, 0.5) is 0 Å². The van der Waals surface area contributed by atoms with Gasteiger partial charge in [0.25, 0.3) is 0 Å². The highest BCUT2D eigenvalue weighted by Crippen LogP contribution is 2.49. The third-order valence-electron chi connectivity index (χ3n) is 4.70. The smallest absolute Gasteiger partial charge is 0.0990 e. The molecular weight excluding hydrogens is 350 g/mol. The molecule has 114 valence electrons. The summed E-state index contributed by atoms with van der Waals surface area (Å²) in [4.78, 5) is 0. The van der Waals surface area contributed by atoms with Crippen molar-refractivity contribution in [1.82, 2.24) is 0 Å². The molecule has 1 atom stereocenters. The highest BCUT2D eigenvalue weighted by molar-refractivity contribution is 9.10. The Kier molecular flexibility index (Phi) is 5.71. The molecule has 0 spiro atoms. The molecule has 1 aliphatic carbocycles. The number of hydrogen-bond donors (Lipinski definition) is 1. The van der Waals surface area contributed by atoms with Crippen LogP contribution in [0.1, 0.15) is 57.1 Å². The lowest BCUT2D eigenvalue weighted by molar-refractivity contribution is 0.0237. The quantitative estimate of drug-likeness (QED) is 0.745. The van der Waals surface area contributed by atoms with Crippen LogP contribution in [0.15, 0.2) is 22.7 Å². The zero-order valence-electron chi connectivity index (χ0n) is 12.3. The molecule has 0 bridgehead atoms. The number of nitriles is 1. The molecule has 1 fully saturated rings. The molecule has 2 nitrogen and oxygen atoms in total. The van der Waals surface area contributed by atoms with E-state index in [-0.39, 0.29) is 0 Å². The van der Waals surface area contributed by atoms with Gasteiger partial charge in [-0.05, 0) is 43.7 Å². The van der Waals surface area contributed by atoms with Crippen LogP contribution in [0.25, 0.3) is 0 Å². The lowest BCUT2D eigenvalue weighted by atomic mass is 9.66. The minimum absolute atomic E-state index is 0.516. The number of halogens is 2. The Hall–Kier alpha value is -0.560. The van der Waals surface area contributed by atoms with Crippen molar-refractivity contribution in [2.45, 2.75) is 51.6 Å². The van der Waals surface area contributed by atoms with Crippen LogP contribution in [-0.4, -0.2) is 5.11 Å². The molecule has 1 aromatic rings. The third-order valence-corrected chi connectivity index (χ3v) is 5.52. The highest BCUT2D eigenvalue weighted by atomic mass is 79.9. The van der Waals surface area contributed by atoms with Gasteiger partial charge in [0, 0.05) is 15.1 Å². The Morgan fingerprint density at radius 1 is 1.48 bits per heavy atom. The third kappa shape index (κ3) is 3.62. The van der Waals surface area contributed by atoms with Gasteiger partial charge in [0.05, 0.1) is 17.6 Å². The largest absolute Gasteiger partial charge is 0.387 e. The Labute approximate surface area is 140 Å². The van der Waals surface area contributed by atoms with Crippen LogP contribution in [0, 0.1) is 22.7 Å². The van der Waals surface area contributed by atoms with Gasteiger partial charge in [-0.3, -0.25) is 0 Å². The van der Waals surface area contributed by atoms with Crippen molar-refractivity contribution in [3.05, 3.63) is 33.3 Å². The van der Waals surface area contributed by atoms with Gasteiger partial charge >= 0.3 is 0 Å². The van der Waals surface area contributed by atoms with Crippen LogP contribution in [0.5, 0.6) is 0 Å². The fraction of sp³-hybridized carbons (Fsp3) is 0.588. The number of nitrogens with zero attached hydrogens (tertiary/aromatic N) is 1. The Morgan fingerprint density at radius 2 is 2.14 bits per heavy atom. The first kappa shape index (κ1) is 16.8. The van der Waals surface area contributed by atoms with Crippen LogP contribution in [-0.2, 0) is 0 Å². The second-order valence-corrected chi connectivity index (χ2v) is 7.39. The minimum atomic E-state index is -0.814. The fourth-order valence-corrected chi connectivity index (χ4v) is 4.13. The van der Waals surface area contributed by atoms with E-state index in [9.17, 15) is 10.4 Å². The van der Waals surface area contributed by atoms with E-state index in [4.69, 9.17) is 11.6 Å². The predicted molar refractivity (Wildman–Crippen MR) is 89.0 cm³/mol. The normalized spacial score (nSPS) is 27.1. The molecule has 1 unspecified atom stereocenters. The summed E-state index contributed by atoms with van der Waals surface area (Å²) in [6, 6.07) is 7.84. The van der Waals surface area contributed by atoms with Crippen LogP contribution in [0.3, 0.4) is 0 Å². The van der Waals surface area contributed by atoms with Gasteiger partial charge in [-0.1, -0.05) is 53.4 Å². The summed E-state index contributed by atoms with van der Waals surface area (Å²) in [6.45, 7) is 2.20. The first-order chi connectivity index (χ1) is 10.0. The predicted octanol–water partition coefficient (Wildman–Crippen LogP) is 5.64. The Bertz CT molecular complexity index is 532. The molecule has 0 aromatic heterocycles. The maximum atomic E-state index is 10.8. The minimum Gasteiger partial charge on any atom is -0.387 e. The maximum Gasteiger partial charge on any atom is 0.0990 e. The van der Waals surface area contributed by atoms with E-state index in [1.54, 1.807) is 6.07 Å². The summed E-state index contributed by atoms with van der Waals surface area (Å²) < 4.78 is 0.876. The van der Waals surface area contributed by atoms with Gasteiger partial charge < -0.3 is 5.11 Å². The molecule has 0 amide bonds.